The Bertz CT molecular complexity index is 261. The van der Waals surface area contributed by atoms with Crippen molar-refractivity contribution < 1.29 is 0 Å². The normalized spacial score (nSPS) is 36.3. The third kappa shape index (κ3) is 3.71. The molecule has 1 saturated heterocycles. The third-order valence-corrected chi connectivity index (χ3v) is 5.59. The molecule has 2 aliphatic rings. The van der Waals surface area contributed by atoms with E-state index in [-0.39, 0.29) is 0 Å². The zero-order valence-corrected chi connectivity index (χ0v) is 13.1. The van der Waals surface area contributed by atoms with Crippen LogP contribution in [0.15, 0.2) is 0 Å². The molecular weight excluding hydrogens is 234 g/mol. The molecule has 0 radical (unpaired) electrons. The number of rotatable bonds is 4. The highest BCUT2D eigenvalue weighted by Gasteiger charge is 2.33. The highest BCUT2D eigenvalue weighted by atomic mass is 15.3. The summed E-state index contributed by atoms with van der Waals surface area (Å²) in [6.45, 7) is 11.9. The average molecular weight is 267 g/mol. The van der Waals surface area contributed by atoms with Crippen LogP contribution in [0.1, 0.15) is 52.9 Å². The topological polar surface area (TPSA) is 32.5 Å². The van der Waals surface area contributed by atoms with Crippen molar-refractivity contribution >= 4 is 0 Å². The fourth-order valence-corrected chi connectivity index (χ4v) is 3.81. The molecule has 4 unspecified atom stereocenters. The van der Waals surface area contributed by atoms with E-state index >= 15 is 0 Å². The standard InChI is InChI=1S/C16H33N3/c1-4-13(3)18-8-10-19(11-9-18)16-12-14(5-2)6-7-15(16)17/h13-16H,4-12,17H2,1-3H3. The Balaban J connectivity index is 1.85. The fourth-order valence-electron chi connectivity index (χ4n) is 3.81. The van der Waals surface area contributed by atoms with Gasteiger partial charge in [0, 0.05) is 44.3 Å². The lowest BCUT2D eigenvalue weighted by Crippen LogP contribution is -2.58. The van der Waals surface area contributed by atoms with E-state index in [1.165, 1.54) is 58.3 Å². The van der Waals surface area contributed by atoms with E-state index < -0.39 is 0 Å². The van der Waals surface area contributed by atoms with Crippen LogP contribution in [0.3, 0.4) is 0 Å². The molecule has 1 heterocycles. The Morgan fingerprint density at radius 2 is 1.79 bits per heavy atom. The van der Waals surface area contributed by atoms with Crippen molar-refractivity contribution in [3.05, 3.63) is 0 Å². The Morgan fingerprint density at radius 1 is 1.11 bits per heavy atom. The lowest BCUT2D eigenvalue weighted by molar-refractivity contribution is 0.0413. The molecule has 1 aliphatic carbocycles. The minimum absolute atomic E-state index is 0.415. The average Bonchev–Trinajstić information content (AvgIpc) is 2.47. The summed E-state index contributed by atoms with van der Waals surface area (Å²) < 4.78 is 0. The zero-order chi connectivity index (χ0) is 13.8. The van der Waals surface area contributed by atoms with Crippen molar-refractivity contribution in [2.75, 3.05) is 26.2 Å². The highest BCUT2D eigenvalue weighted by Crippen LogP contribution is 2.29. The van der Waals surface area contributed by atoms with Gasteiger partial charge in [0.25, 0.3) is 0 Å². The number of piperazine rings is 1. The van der Waals surface area contributed by atoms with Gasteiger partial charge < -0.3 is 5.73 Å². The molecule has 0 spiro atoms. The Hall–Kier alpha value is -0.120. The molecule has 4 atom stereocenters. The monoisotopic (exact) mass is 267 g/mol. The molecular formula is C16H33N3. The van der Waals surface area contributed by atoms with E-state index in [2.05, 4.69) is 30.6 Å². The predicted octanol–water partition coefficient (Wildman–Crippen LogP) is 2.31. The van der Waals surface area contributed by atoms with Crippen LogP contribution in [0.4, 0.5) is 0 Å². The smallest absolute Gasteiger partial charge is 0.0250 e. The lowest BCUT2D eigenvalue weighted by Gasteiger charge is -2.46. The first-order valence-corrected chi connectivity index (χ1v) is 8.39. The molecule has 2 rings (SSSR count). The molecule has 3 nitrogen and oxygen atoms in total. The predicted molar refractivity (Wildman–Crippen MR) is 82.3 cm³/mol. The van der Waals surface area contributed by atoms with Gasteiger partial charge in [-0.05, 0) is 38.5 Å². The van der Waals surface area contributed by atoms with Crippen LogP contribution in [-0.2, 0) is 0 Å². The van der Waals surface area contributed by atoms with Gasteiger partial charge in [0.15, 0.2) is 0 Å². The van der Waals surface area contributed by atoms with Crippen LogP contribution < -0.4 is 5.73 Å². The summed E-state index contributed by atoms with van der Waals surface area (Å²) in [4.78, 5) is 5.33. The molecule has 19 heavy (non-hydrogen) atoms. The second kappa shape index (κ2) is 7.05. The van der Waals surface area contributed by atoms with Crippen molar-refractivity contribution in [2.45, 2.75) is 71.0 Å². The molecule has 0 aromatic heterocycles. The van der Waals surface area contributed by atoms with Crippen molar-refractivity contribution in [3.8, 4) is 0 Å². The molecule has 3 heteroatoms. The SMILES string of the molecule is CCC1CCC(N)C(N2CCN(C(C)CC)CC2)C1. The molecule has 112 valence electrons. The van der Waals surface area contributed by atoms with Crippen LogP contribution in [0.25, 0.3) is 0 Å². The Morgan fingerprint density at radius 3 is 2.37 bits per heavy atom. The molecule has 1 aliphatic heterocycles. The van der Waals surface area contributed by atoms with E-state index in [0.717, 1.165) is 12.0 Å². The largest absolute Gasteiger partial charge is 0.326 e. The number of hydrogen-bond donors (Lipinski definition) is 1. The van der Waals surface area contributed by atoms with Gasteiger partial charge in [-0.15, -0.1) is 0 Å². The summed E-state index contributed by atoms with van der Waals surface area (Å²) in [5.74, 6) is 0.914. The van der Waals surface area contributed by atoms with Crippen molar-refractivity contribution in [1.29, 1.82) is 0 Å². The maximum Gasteiger partial charge on any atom is 0.0250 e. The van der Waals surface area contributed by atoms with Gasteiger partial charge >= 0.3 is 0 Å². The van der Waals surface area contributed by atoms with Crippen LogP contribution >= 0.6 is 0 Å². The minimum Gasteiger partial charge on any atom is -0.326 e. The molecule has 0 amide bonds. The van der Waals surface area contributed by atoms with Crippen molar-refractivity contribution in [3.63, 3.8) is 0 Å². The molecule has 2 N–H and O–H groups in total. The van der Waals surface area contributed by atoms with Crippen LogP contribution in [0, 0.1) is 5.92 Å². The van der Waals surface area contributed by atoms with Gasteiger partial charge in [0.05, 0.1) is 0 Å². The number of nitrogens with two attached hydrogens (primary N) is 1. The summed E-state index contributed by atoms with van der Waals surface area (Å²) in [5, 5.41) is 0. The number of hydrogen-bond acceptors (Lipinski definition) is 3. The molecule has 1 saturated carbocycles. The first-order valence-electron chi connectivity index (χ1n) is 8.39. The zero-order valence-electron chi connectivity index (χ0n) is 13.1. The van der Waals surface area contributed by atoms with Gasteiger partial charge in [0.2, 0.25) is 0 Å². The molecule has 0 aromatic rings. The fraction of sp³-hybridized carbons (Fsp3) is 1.00. The summed E-state index contributed by atoms with van der Waals surface area (Å²) in [6.07, 6.45) is 6.51. The third-order valence-electron chi connectivity index (χ3n) is 5.59. The van der Waals surface area contributed by atoms with Gasteiger partial charge in [-0.1, -0.05) is 20.3 Å². The summed E-state index contributed by atoms with van der Waals surface area (Å²) in [7, 11) is 0. The molecule has 0 aromatic carbocycles. The van der Waals surface area contributed by atoms with Gasteiger partial charge in [-0.3, -0.25) is 9.80 Å². The molecule has 2 fully saturated rings. The van der Waals surface area contributed by atoms with E-state index in [0.29, 0.717) is 12.1 Å². The van der Waals surface area contributed by atoms with Gasteiger partial charge in [0.1, 0.15) is 0 Å². The van der Waals surface area contributed by atoms with Gasteiger partial charge in [-0.25, -0.2) is 0 Å². The first-order chi connectivity index (χ1) is 9.15. The lowest BCUT2D eigenvalue weighted by atomic mass is 9.80. The Labute approximate surface area is 119 Å². The maximum atomic E-state index is 6.39. The van der Waals surface area contributed by atoms with Gasteiger partial charge in [-0.2, -0.15) is 0 Å². The summed E-state index contributed by atoms with van der Waals surface area (Å²) in [5.41, 5.74) is 6.39. The van der Waals surface area contributed by atoms with Crippen LogP contribution in [0.2, 0.25) is 0 Å². The van der Waals surface area contributed by atoms with E-state index in [9.17, 15) is 0 Å². The van der Waals surface area contributed by atoms with Crippen LogP contribution in [-0.4, -0.2) is 54.1 Å². The van der Waals surface area contributed by atoms with E-state index in [1.807, 2.05) is 0 Å². The maximum absolute atomic E-state index is 6.39. The highest BCUT2D eigenvalue weighted by molar-refractivity contribution is 4.91. The minimum atomic E-state index is 0.415. The quantitative estimate of drug-likeness (QED) is 0.848. The van der Waals surface area contributed by atoms with Crippen molar-refractivity contribution in [1.82, 2.24) is 9.80 Å². The number of nitrogens with zero attached hydrogens (tertiary/aromatic N) is 2. The first kappa shape index (κ1) is 15.3. The Kier molecular flexibility index (Phi) is 5.67. The van der Waals surface area contributed by atoms with Crippen molar-refractivity contribution in [2.24, 2.45) is 11.7 Å². The van der Waals surface area contributed by atoms with E-state index in [1.54, 1.807) is 0 Å². The summed E-state index contributed by atoms with van der Waals surface area (Å²) in [6, 6.07) is 1.81. The summed E-state index contributed by atoms with van der Waals surface area (Å²) >= 11 is 0. The second-order valence-corrected chi connectivity index (χ2v) is 6.65. The molecule has 0 bridgehead atoms. The van der Waals surface area contributed by atoms with Crippen LogP contribution in [0.5, 0.6) is 0 Å². The van der Waals surface area contributed by atoms with E-state index in [4.69, 9.17) is 5.73 Å². The second-order valence-electron chi connectivity index (χ2n) is 6.65.